The third-order valence-corrected chi connectivity index (χ3v) is 4.31. The van der Waals surface area contributed by atoms with Crippen molar-refractivity contribution < 1.29 is 9.47 Å². The van der Waals surface area contributed by atoms with Crippen molar-refractivity contribution in [3.05, 3.63) is 42.6 Å². The summed E-state index contributed by atoms with van der Waals surface area (Å²) in [4.78, 5) is 8.93. The first-order valence-corrected chi connectivity index (χ1v) is 8.89. The summed E-state index contributed by atoms with van der Waals surface area (Å²) in [5, 5.41) is 0. The lowest BCUT2D eigenvalue weighted by molar-refractivity contribution is 0.122. The van der Waals surface area contributed by atoms with E-state index in [1.807, 2.05) is 12.3 Å². The number of hydrogen-bond acceptors (Lipinski definition) is 5. The van der Waals surface area contributed by atoms with Gasteiger partial charge >= 0.3 is 0 Å². The lowest BCUT2D eigenvalue weighted by Crippen LogP contribution is -2.36. The van der Waals surface area contributed by atoms with E-state index in [0.29, 0.717) is 12.5 Å². The fourth-order valence-corrected chi connectivity index (χ4v) is 2.88. The molecule has 3 rings (SSSR count). The zero-order valence-electron chi connectivity index (χ0n) is 15.1. The van der Waals surface area contributed by atoms with E-state index in [0.717, 1.165) is 44.8 Å². The van der Waals surface area contributed by atoms with Gasteiger partial charge in [-0.05, 0) is 44.3 Å². The van der Waals surface area contributed by atoms with Gasteiger partial charge in [-0.2, -0.15) is 0 Å². The van der Waals surface area contributed by atoms with Gasteiger partial charge in [0.05, 0.1) is 19.8 Å². The Hall–Kier alpha value is -2.11. The maximum absolute atomic E-state index is 5.69. The normalized spacial score (nSPS) is 14.8. The van der Waals surface area contributed by atoms with Crippen molar-refractivity contribution in [2.45, 2.75) is 6.42 Å². The highest BCUT2D eigenvalue weighted by Crippen LogP contribution is 2.24. The lowest BCUT2D eigenvalue weighted by Gasteiger charge is -2.28. The molecule has 1 aliphatic heterocycles. The zero-order valence-corrected chi connectivity index (χ0v) is 15.1. The number of ether oxygens (including phenoxy) is 2. The minimum absolute atomic E-state index is 0.687. The van der Waals surface area contributed by atoms with Gasteiger partial charge in [-0.1, -0.05) is 12.1 Å². The second kappa shape index (κ2) is 8.83. The maximum Gasteiger partial charge on any atom is 0.213 e. The smallest absolute Gasteiger partial charge is 0.213 e. The van der Waals surface area contributed by atoms with Crippen molar-refractivity contribution in [3.63, 3.8) is 0 Å². The molecule has 1 fully saturated rings. The zero-order chi connectivity index (χ0) is 17.5. The monoisotopic (exact) mass is 341 g/mol. The number of benzene rings is 1. The molecule has 2 aromatic rings. The third-order valence-electron chi connectivity index (χ3n) is 4.31. The van der Waals surface area contributed by atoms with Gasteiger partial charge in [-0.25, -0.2) is 4.98 Å². The molecule has 0 amide bonds. The first-order chi connectivity index (χ1) is 12.2. The van der Waals surface area contributed by atoms with Crippen LogP contribution >= 0.6 is 0 Å². The highest BCUT2D eigenvalue weighted by Gasteiger charge is 2.11. The van der Waals surface area contributed by atoms with Gasteiger partial charge in [0.25, 0.3) is 0 Å². The minimum atomic E-state index is 0.687. The Labute approximate surface area is 150 Å². The van der Waals surface area contributed by atoms with Gasteiger partial charge in [0.15, 0.2) is 0 Å². The molecule has 1 aromatic carbocycles. The predicted molar refractivity (Wildman–Crippen MR) is 101 cm³/mol. The molecule has 134 valence electrons. The Morgan fingerprint density at radius 1 is 1.04 bits per heavy atom. The predicted octanol–water partition coefficient (Wildman–Crippen LogP) is 2.92. The van der Waals surface area contributed by atoms with Crippen LogP contribution in [0, 0.1) is 0 Å². The molecule has 2 heterocycles. The molecule has 0 N–H and O–H groups in total. The number of anilines is 1. The molecule has 0 radical (unpaired) electrons. The number of hydrogen-bond donors (Lipinski definition) is 0. The van der Waals surface area contributed by atoms with Crippen LogP contribution in [0.2, 0.25) is 0 Å². The summed E-state index contributed by atoms with van der Waals surface area (Å²) in [6.07, 6.45) is 2.88. The van der Waals surface area contributed by atoms with Gasteiger partial charge in [-0.3, -0.25) is 0 Å². The highest BCUT2D eigenvalue weighted by atomic mass is 16.5. The Morgan fingerprint density at radius 3 is 2.40 bits per heavy atom. The second-order valence-electron chi connectivity index (χ2n) is 6.54. The molecule has 0 bridgehead atoms. The van der Waals surface area contributed by atoms with Gasteiger partial charge in [0, 0.05) is 43.1 Å². The van der Waals surface area contributed by atoms with Crippen LogP contribution in [0.25, 0.3) is 11.1 Å². The molecular formula is C20H27N3O2. The van der Waals surface area contributed by atoms with Gasteiger partial charge in [0.2, 0.25) is 5.88 Å². The number of aromatic nitrogens is 1. The molecule has 1 aromatic heterocycles. The first kappa shape index (κ1) is 17.7. The minimum Gasteiger partial charge on any atom is -0.478 e. The van der Waals surface area contributed by atoms with Crippen LogP contribution in [0.3, 0.4) is 0 Å². The number of rotatable bonds is 7. The number of nitrogens with zero attached hydrogens (tertiary/aromatic N) is 3. The van der Waals surface area contributed by atoms with Crippen molar-refractivity contribution in [2.24, 2.45) is 0 Å². The molecular weight excluding hydrogens is 314 g/mol. The van der Waals surface area contributed by atoms with Gasteiger partial charge < -0.3 is 19.3 Å². The van der Waals surface area contributed by atoms with Crippen LogP contribution in [-0.2, 0) is 4.74 Å². The second-order valence-corrected chi connectivity index (χ2v) is 6.54. The van der Waals surface area contributed by atoms with E-state index in [1.54, 1.807) is 0 Å². The van der Waals surface area contributed by atoms with E-state index in [9.17, 15) is 0 Å². The topological polar surface area (TPSA) is 37.8 Å². The Kier molecular flexibility index (Phi) is 6.25. The van der Waals surface area contributed by atoms with E-state index in [1.165, 1.54) is 11.3 Å². The van der Waals surface area contributed by atoms with E-state index < -0.39 is 0 Å². The molecule has 5 heteroatoms. The van der Waals surface area contributed by atoms with Crippen LogP contribution in [0.1, 0.15) is 6.42 Å². The Balaban J connectivity index is 1.56. The first-order valence-electron chi connectivity index (χ1n) is 8.89. The average molecular weight is 341 g/mol. The average Bonchev–Trinajstić information content (AvgIpc) is 2.66. The van der Waals surface area contributed by atoms with Crippen molar-refractivity contribution in [2.75, 3.05) is 58.5 Å². The molecule has 0 aliphatic carbocycles. The van der Waals surface area contributed by atoms with Crippen LogP contribution in [0.4, 0.5) is 5.69 Å². The molecule has 0 unspecified atom stereocenters. The van der Waals surface area contributed by atoms with Crippen LogP contribution in [0.5, 0.6) is 5.88 Å². The van der Waals surface area contributed by atoms with Crippen molar-refractivity contribution >= 4 is 5.69 Å². The van der Waals surface area contributed by atoms with Crippen molar-refractivity contribution in [3.8, 4) is 17.0 Å². The fraction of sp³-hybridized carbons (Fsp3) is 0.450. The Bertz CT molecular complexity index is 635. The highest BCUT2D eigenvalue weighted by molar-refractivity contribution is 5.66. The van der Waals surface area contributed by atoms with Crippen molar-refractivity contribution in [1.82, 2.24) is 9.88 Å². The summed E-state index contributed by atoms with van der Waals surface area (Å²) < 4.78 is 11.1. The number of morpholine rings is 1. The quantitative estimate of drug-likeness (QED) is 0.724. The largest absolute Gasteiger partial charge is 0.478 e. The maximum atomic E-state index is 5.69. The van der Waals surface area contributed by atoms with Crippen molar-refractivity contribution in [1.29, 1.82) is 0 Å². The van der Waals surface area contributed by atoms with Gasteiger partial charge in [0.1, 0.15) is 0 Å². The molecule has 5 nitrogen and oxygen atoms in total. The molecule has 0 atom stereocenters. The lowest BCUT2D eigenvalue weighted by atomic mass is 10.1. The fourth-order valence-electron chi connectivity index (χ4n) is 2.88. The van der Waals surface area contributed by atoms with Crippen LogP contribution in [-0.4, -0.2) is 63.4 Å². The summed E-state index contributed by atoms with van der Waals surface area (Å²) in [6, 6.07) is 12.7. The SMILES string of the molecule is CN(C)CCCOc1ccc(-c2ccc(N3CCOCC3)cc2)cn1. The Morgan fingerprint density at radius 2 is 1.76 bits per heavy atom. The summed E-state index contributed by atoms with van der Waals surface area (Å²) >= 11 is 0. The van der Waals surface area contributed by atoms with E-state index in [2.05, 4.69) is 59.2 Å². The van der Waals surface area contributed by atoms with Crippen LogP contribution in [0.15, 0.2) is 42.6 Å². The van der Waals surface area contributed by atoms with E-state index in [-0.39, 0.29) is 0 Å². The summed E-state index contributed by atoms with van der Waals surface area (Å²) in [6.45, 7) is 5.25. The van der Waals surface area contributed by atoms with Gasteiger partial charge in [-0.15, -0.1) is 0 Å². The third kappa shape index (κ3) is 5.18. The summed E-state index contributed by atoms with van der Waals surface area (Å²) in [5.41, 5.74) is 3.53. The molecule has 1 aliphatic rings. The molecule has 1 saturated heterocycles. The standard InChI is InChI=1S/C20H27N3O2/c1-22(2)10-3-13-25-20-9-6-18(16-21-20)17-4-7-19(8-5-17)23-11-14-24-15-12-23/h4-9,16H,3,10-15H2,1-2H3. The number of pyridine rings is 1. The molecule has 0 saturated carbocycles. The van der Waals surface area contributed by atoms with Crippen LogP contribution < -0.4 is 9.64 Å². The van der Waals surface area contributed by atoms with E-state index in [4.69, 9.17) is 9.47 Å². The molecule has 25 heavy (non-hydrogen) atoms. The van der Waals surface area contributed by atoms with E-state index >= 15 is 0 Å². The summed E-state index contributed by atoms with van der Waals surface area (Å²) in [7, 11) is 4.13. The summed E-state index contributed by atoms with van der Waals surface area (Å²) in [5.74, 6) is 0.687. The molecule has 0 spiro atoms.